The van der Waals surface area contributed by atoms with Crippen molar-refractivity contribution in [3.63, 3.8) is 0 Å². The van der Waals surface area contributed by atoms with Crippen molar-refractivity contribution in [1.82, 2.24) is 5.32 Å². The summed E-state index contributed by atoms with van der Waals surface area (Å²) in [6.45, 7) is 3.10. The first kappa shape index (κ1) is 19.9. The number of hydrogen-bond donors (Lipinski definition) is 2. The fraction of sp³-hybridized carbons (Fsp3) is 0.174. The second-order valence-electron chi connectivity index (χ2n) is 6.74. The summed E-state index contributed by atoms with van der Waals surface area (Å²) in [5.74, 6) is -0.432. The van der Waals surface area contributed by atoms with E-state index in [1.54, 1.807) is 12.1 Å². The highest BCUT2D eigenvalue weighted by molar-refractivity contribution is 6.30. The molecular weight excluding hydrogens is 375 g/mol. The number of carbonyl (C=O) groups excluding carboxylic acids is 1. The van der Waals surface area contributed by atoms with Gasteiger partial charge in [-0.3, -0.25) is 4.79 Å². The molecule has 3 nitrogen and oxygen atoms in total. The standard InChI is InChI=1S/C23H22ClFN2O/c1-16-3-2-4-18(11-16)15-27-23(28)13-17-5-8-20(9-6-17)26-14-19-7-10-22(25)21(24)12-19/h2-12,26H,13-15H2,1H3,(H,27,28). The highest BCUT2D eigenvalue weighted by atomic mass is 35.5. The Morgan fingerprint density at radius 3 is 2.36 bits per heavy atom. The number of rotatable bonds is 7. The second-order valence-corrected chi connectivity index (χ2v) is 7.15. The van der Waals surface area contributed by atoms with Crippen LogP contribution >= 0.6 is 11.6 Å². The van der Waals surface area contributed by atoms with Gasteiger partial charge in [-0.1, -0.05) is 59.6 Å². The maximum absolute atomic E-state index is 13.2. The normalized spacial score (nSPS) is 10.5. The van der Waals surface area contributed by atoms with Gasteiger partial charge in [-0.15, -0.1) is 0 Å². The van der Waals surface area contributed by atoms with Gasteiger partial charge in [0.25, 0.3) is 0 Å². The van der Waals surface area contributed by atoms with Gasteiger partial charge >= 0.3 is 0 Å². The SMILES string of the molecule is Cc1cccc(CNC(=O)Cc2ccc(NCc3ccc(F)c(Cl)c3)cc2)c1. The first-order chi connectivity index (χ1) is 13.5. The van der Waals surface area contributed by atoms with E-state index in [0.29, 0.717) is 19.5 Å². The van der Waals surface area contributed by atoms with Crippen molar-refractivity contribution in [2.24, 2.45) is 0 Å². The number of aryl methyl sites for hydroxylation is 1. The van der Waals surface area contributed by atoms with Gasteiger partial charge in [0.1, 0.15) is 5.82 Å². The minimum atomic E-state index is -0.421. The van der Waals surface area contributed by atoms with Crippen molar-refractivity contribution in [2.75, 3.05) is 5.32 Å². The molecule has 2 N–H and O–H groups in total. The molecule has 0 aromatic heterocycles. The van der Waals surface area contributed by atoms with Crippen LogP contribution < -0.4 is 10.6 Å². The predicted octanol–water partition coefficient (Wildman–Crippen LogP) is 5.26. The molecule has 0 aliphatic heterocycles. The highest BCUT2D eigenvalue weighted by Crippen LogP contribution is 2.17. The number of carbonyl (C=O) groups is 1. The molecule has 0 atom stereocenters. The molecule has 1 amide bonds. The Hall–Kier alpha value is -2.85. The number of nitrogens with one attached hydrogen (secondary N) is 2. The number of anilines is 1. The van der Waals surface area contributed by atoms with Crippen molar-refractivity contribution in [2.45, 2.75) is 26.4 Å². The van der Waals surface area contributed by atoms with Crippen LogP contribution in [-0.4, -0.2) is 5.91 Å². The van der Waals surface area contributed by atoms with E-state index in [0.717, 1.165) is 22.4 Å². The molecule has 0 bridgehead atoms. The molecule has 0 saturated heterocycles. The Morgan fingerprint density at radius 2 is 1.64 bits per heavy atom. The smallest absolute Gasteiger partial charge is 0.224 e. The Balaban J connectivity index is 1.48. The molecule has 0 radical (unpaired) electrons. The van der Waals surface area contributed by atoms with Crippen LogP contribution in [-0.2, 0) is 24.3 Å². The molecule has 28 heavy (non-hydrogen) atoms. The molecule has 3 aromatic rings. The summed E-state index contributed by atoms with van der Waals surface area (Å²) in [5, 5.41) is 6.32. The van der Waals surface area contributed by atoms with E-state index >= 15 is 0 Å². The number of amides is 1. The molecule has 0 spiro atoms. The third kappa shape index (κ3) is 5.83. The molecule has 5 heteroatoms. The average molecular weight is 397 g/mol. The second kappa shape index (κ2) is 9.38. The summed E-state index contributed by atoms with van der Waals surface area (Å²) in [5.41, 5.74) is 5.03. The average Bonchev–Trinajstić information content (AvgIpc) is 2.68. The van der Waals surface area contributed by atoms with E-state index < -0.39 is 5.82 Å². The highest BCUT2D eigenvalue weighted by Gasteiger charge is 2.05. The summed E-state index contributed by atoms with van der Waals surface area (Å²) < 4.78 is 13.2. The molecule has 0 fully saturated rings. The van der Waals surface area contributed by atoms with E-state index in [2.05, 4.69) is 16.7 Å². The fourth-order valence-electron chi connectivity index (χ4n) is 2.86. The lowest BCUT2D eigenvalue weighted by Gasteiger charge is -2.09. The van der Waals surface area contributed by atoms with Crippen LogP contribution in [0.4, 0.5) is 10.1 Å². The van der Waals surface area contributed by atoms with Crippen LogP contribution in [0.15, 0.2) is 66.7 Å². The molecular formula is C23H22ClFN2O. The summed E-state index contributed by atoms with van der Waals surface area (Å²) in [4.78, 5) is 12.2. The van der Waals surface area contributed by atoms with E-state index in [4.69, 9.17) is 11.6 Å². The third-order valence-electron chi connectivity index (χ3n) is 4.37. The zero-order chi connectivity index (χ0) is 19.9. The number of hydrogen-bond acceptors (Lipinski definition) is 2. The maximum Gasteiger partial charge on any atom is 0.224 e. The van der Waals surface area contributed by atoms with Crippen molar-refractivity contribution < 1.29 is 9.18 Å². The van der Waals surface area contributed by atoms with Crippen LogP contribution in [0.2, 0.25) is 5.02 Å². The Kier molecular flexibility index (Phi) is 6.66. The lowest BCUT2D eigenvalue weighted by atomic mass is 10.1. The van der Waals surface area contributed by atoms with Gasteiger partial charge in [0.15, 0.2) is 0 Å². The summed E-state index contributed by atoms with van der Waals surface area (Å²) in [6.07, 6.45) is 0.333. The lowest BCUT2D eigenvalue weighted by molar-refractivity contribution is -0.120. The molecule has 0 unspecified atom stereocenters. The van der Waals surface area contributed by atoms with Gasteiger partial charge in [-0.05, 0) is 47.9 Å². The predicted molar refractivity (Wildman–Crippen MR) is 112 cm³/mol. The van der Waals surface area contributed by atoms with Crippen LogP contribution in [0.1, 0.15) is 22.3 Å². The Labute approximate surface area is 169 Å². The summed E-state index contributed by atoms with van der Waals surface area (Å²) >= 11 is 5.80. The number of benzene rings is 3. The first-order valence-corrected chi connectivity index (χ1v) is 9.46. The van der Waals surface area contributed by atoms with Crippen molar-refractivity contribution in [3.05, 3.63) is 99.8 Å². The van der Waals surface area contributed by atoms with Crippen molar-refractivity contribution >= 4 is 23.2 Å². The summed E-state index contributed by atoms with van der Waals surface area (Å²) in [7, 11) is 0. The number of halogens is 2. The Morgan fingerprint density at radius 1 is 0.929 bits per heavy atom. The quantitative estimate of drug-likeness (QED) is 0.572. The minimum Gasteiger partial charge on any atom is -0.381 e. The molecule has 3 aromatic carbocycles. The monoisotopic (exact) mass is 396 g/mol. The van der Waals surface area contributed by atoms with Crippen LogP contribution in [0, 0.1) is 12.7 Å². The maximum atomic E-state index is 13.2. The van der Waals surface area contributed by atoms with Gasteiger partial charge in [-0.25, -0.2) is 4.39 Å². The zero-order valence-electron chi connectivity index (χ0n) is 15.6. The van der Waals surface area contributed by atoms with Crippen LogP contribution in [0.3, 0.4) is 0 Å². The van der Waals surface area contributed by atoms with Gasteiger partial charge in [0, 0.05) is 18.8 Å². The van der Waals surface area contributed by atoms with E-state index in [1.807, 2.05) is 49.4 Å². The minimum absolute atomic E-state index is 0.0110. The van der Waals surface area contributed by atoms with Gasteiger partial charge in [0.05, 0.1) is 11.4 Å². The van der Waals surface area contributed by atoms with E-state index in [-0.39, 0.29) is 10.9 Å². The molecule has 0 heterocycles. The lowest BCUT2D eigenvalue weighted by Crippen LogP contribution is -2.24. The van der Waals surface area contributed by atoms with E-state index in [1.165, 1.54) is 11.6 Å². The molecule has 3 rings (SSSR count). The van der Waals surface area contributed by atoms with Gasteiger partial charge in [-0.2, -0.15) is 0 Å². The fourth-order valence-corrected chi connectivity index (χ4v) is 3.07. The van der Waals surface area contributed by atoms with Crippen molar-refractivity contribution in [1.29, 1.82) is 0 Å². The molecule has 144 valence electrons. The van der Waals surface area contributed by atoms with Crippen molar-refractivity contribution in [3.8, 4) is 0 Å². The topological polar surface area (TPSA) is 41.1 Å². The molecule has 0 saturated carbocycles. The van der Waals surface area contributed by atoms with Gasteiger partial charge in [0.2, 0.25) is 5.91 Å². The first-order valence-electron chi connectivity index (χ1n) is 9.08. The zero-order valence-corrected chi connectivity index (χ0v) is 16.4. The Bertz CT molecular complexity index is 957. The molecule has 0 aliphatic rings. The largest absolute Gasteiger partial charge is 0.381 e. The van der Waals surface area contributed by atoms with Crippen LogP contribution in [0.25, 0.3) is 0 Å². The van der Waals surface area contributed by atoms with Gasteiger partial charge < -0.3 is 10.6 Å². The summed E-state index contributed by atoms with van der Waals surface area (Å²) in [6, 6.07) is 20.4. The van der Waals surface area contributed by atoms with E-state index in [9.17, 15) is 9.18 Å². The molecule has 0 aliphatic carbocycles. The third-order valence-corrected chi connectivity index (χ3v) is 4.66. The van der Waals surface area contributed by atoms with Crippen LogP contribution in [0.5, 0.6) is 0 Å².